The van der Waals surface area contributed by atoms with Gasteiger partial charge in [-0.25, -0.2) is 19.2 Å². The van der Waals surface area contributed by atoms with Crippen LogP contribution in [0.15, 0.2) is 6.20 Å². The fraction of sp³-hybridized carbons (Fsp3) is 0.556. The minimum absolute atomic E-state index is 0.0420. The molecule has 1 aliphatic heterocycles. The highest BCUT2D eigenvalue weighted by Crippen LogP contribution is 2.47. The number of amides is 1. The van der Waals surface area contributed by atoms with E-state index in [0.29, 0.717) is 30.8 Å². The van der Waals surface area contributed by atoms with Crippen molar-refractivity contribution in [3.8, 4) is 0 Å². The monoisotopic (exact) mass is 427 g/mol. The molecule has 0 aromatic carbocycles. The van der Waals surface area contributed by atoms with E-state index >= 15 is 0 Å². The summed E-state index contributed by atoms with van der Waals surface area (Å²) in [4.78, 5) is 28.5. The Bertz CT molecular complexity index is 961. The minimum atomic E-state index is -0.720. The van der Waals surface area contributed by atoms with Crippen molar-refractivity contribution in [2.45, 2.75) is 44.8 Å². The van der Waals surface area contributed by atoms with Gasteiger partial charge in [0.05, 0.1) is 10.9 Å². The van der Waals surface area contributed by atoms with Gasteiger partial charge in [-0.15, -0.1) is 0 Å². The lowest BCUT2D eigenvalue weighted by atomic mass is 10.1. The fourth-order valence-corrected chi connectivity index (χ4v) is 3.86. The van der Waals surface area contributed by atoms with Crippen LogP contribution >= 0.6 is 23.2 Å². The van der Waals surface area contributed by atoms with Crippen molar-refractivity contribution in [3.05, 3.63) is 22.5 Å². The highest BCUT2D eigenvalue weighted by molar-refractivity contribution is 6.30. The van der Waals surface area contributed by atoms with E-state index in [1.54, 1.807) is 4.90 Å². The lowest BCUT2D eigenvalue weighted by molar-refractivity contribution is 0.0205. The van der Waals surface area contributed by atoms with Crippen LogP contribution in [0.5, 0.6) is 0 Å². The number of hydrogen-bond acceptors (Lipinski definition) is 6. The van der Waals surface area contributed by atoms with Crippen molar-refractivity contribution >= 4 is 46.0 Å². The quantitative estimate of drug-likeness (QED) is 0.504. The third-order valence-electron chi connectivity index (χ3n) is 4.98. The van der Waals surface area contributed by atoms with Gasteiger partial charge in [0.25, 0.3) is 0 Å². The second-order valence-corrected chi connectivity index (χ2v) is 8.92. The summed E-state index contributed by atoms with van der Waals surface area (Å²) in [7, 11) is 0. The van der Waals surface area contributed by atoms with Gasteiger partial charge in [-0.1, -0.05) is 11.6 Å². The fourth-order valence-electron chi connectivity index (χ4n) is 3.56. The normalized spacial score (nSPS) is 18.6. The van der Waals surface area contributed by atoms with Crippen molar-refractivity contribution in [1.82, 2.24) is 19.9 Å². The van der Waals surface area contributed by atoms with Crippen molar-refractivity contribution in [3.63, 3.8) is 0 Å². The smallest absolute Gasteiger partial charge is 0.410 e. The Hall–Kier alpha value is -1.93. The Labute approximate surface area is 171 Å². The van der Waals surface area contributed by atoms with Gasteiger partial charge < -0.3 is 14.5 Å². The summed E-state index contributed by atoms with van der Waals surface area (Å²) in [6.45, 7) is 7.02. The SMILES string of the molecule is CC(C)(C)OC(=O)N1CCN(c2nc(Cl)nc3c(F)c(Cl)ncc23)C2(CC2)C1. The number of fused-ring (bicyclic) bond motifs is 1. The molecule has 2 aromatic rings. The van der Waals surface area contributed by atoms with Crippen LogP contribution in [0.4, 0.5) is 15.0 Å². The molecule has 0 unspecified atom stereocenters. The first-order valence-electron chi connectivity index (χ1n) is 9.02. The number of hydrogen-bond donors (Lipinski definition) is 0. The van der Waals surface area contributed by atoms with E-state index in [2.05, 4.69) is 19.9 Å². The maximum Gasteiger partial charge on any atom is 0.410 e. The van der Waals surface area contributed by atoms with Crippen LogP contribution in [-0.4, -0.2) is 56.7 Å². The van der Waals surface area contributed by atoms with Crippen LogP contribution in [0.25, 0.3) is 10.9 Å². The zero-order valence-corrected chi connectivity index (χ0v) is 17.3. The number of pyridine rings is 1. The van der Waals surface area contributed by atoms with E-state index in [9.17, 15) is 9.18 Å². The number of carbonyl (C=O) groups is 1. The maximum atomic E-state index is 14.4. The zero-order valence-electron chi connectivity index (χ0n) is 15.8. The maximum absolute atomic E-state index is 14.4. The summed E-state index contributed by atoms with van der Waals surface area (Å²) >= 11 is 11.9. The summed E-state index contributed by atoms with van der Waals surface area (Å²) in [5.41, 5.74) is -0.778. The molecule has 2 aromatic heterocycles. The Balaban J connectivity index is 1.67. The molecule has 1 saturated carbocycles. The average molecular weight is 428 g/mol. The van der Waals surface area contributed by atoms with Crippen LogP contribution in [0, 0.1) is 5.82 Å². The first kappa shape index (κ1) is 19.4. The first-order valence-corrected chi connectivity index (χ1v) is 9.78. The molecule has 0 radical (unpaired) electrons. The van der Waals surface area contributed by atoms with Gasteiger partial charge >= 0.3 is 6.09 Å². The van der Waals surface area contributed by atoms with Gasteiger partial charge in [0.1, 0.15) is 16.9 Å². The first-order chi connectivity index (χ1) is 13.1. The molecule has 3 heterocycles. The predicted octanol–water partition coefficient (Wildman–Crippen LogP) is 4.06. The summed E-state index contributed by atoms with van der Waals surface area (Å²) < 4.78 is 19.9. The number of nitrogens with zero attached hydrogens (tertiary/aromatic N) is 5. The number of halogens is 3. The van der Waals surface area contributed by atoms with Crippen molar-refractivity contribution in [2.75, 3.05) is 24.5 Å². The molecule has 0 atom stereocenters. The highest BCUT2D eigenvalue weighted by Gasteiger charge is 2.53. The van der Waals surface area contributed by atoms with E-state index in [1.807, 2.05) is 20.8 Å². The Morgan fingerprint density at radius 2 is 1.96 bits per heavy atom. The van der Waals surface area contributed by atoms with Crippen LogP contribution < -0.4 is 4.90 Å². The molecule has 28 heavy (non-hydrogen) atoms. The topological polar surface area (TPSA) is 71.5 Å². The minimum Gasteiger partial charge on any atom is -0.444 e. The number of carbonyl (C=O) groups excluding carboxylic acids is 1. The van der Waals surface area contributed by atoms with Crippen LogP contribution in [-0.2, 0) is 4.74 Å². The third kappa shape index (κ3) is 3.43. The Morgan fingerprint density at radius 1 is 1.25 bits per heavy atom. The van der Waals surface area contributed by atoms with Crippen LogP contribution in [0.1, 0.15) is 33.6 Å². The van der Waals surface area contributed by atoms with Gasteiger partial charge in [0, 0.05) is 25.8 Å². The molecular formula is C18H20Cl2FN5O2. The zero-order chi connectivity index (χ0) is 20.3. The van der Waals surface area contributed by atoms with Crippen molar-refractivity contribution < 1.29 is 13.9 Å². The molecule has 150 valence electrons. The van der Waals surface area contributed by atoms with Crippen molar-refractivity contribution in [1.29, 1.82) is 0 Å². The molecule has 1 amide bonds. The number of piperazine rings is 1. The molecule has 10 heteroatoms. The molecule has 4 rings (SSSR count). The van der Waals surface area contributed by atoms with Gasteiger partial charge in [-0.2, -0.15) is 4.98 Å². The number of aromatic nitrogens is 3. The third-order valence-corrected chi connectivity index (χ3v) is 5.41. The molecule has 1 saturated heterocycles. The van der Waals surface area contributed by atoms with E-state index in [0.717, 1.165) is 12.8 Å². The van der Waals surface area contributed by atoms with Gasteiger partial charge in [0.2, 0.25) is 5.28 Å². The van der Waals surface area contributed by atoms with Crippen LogP contribution in [0.2, 0.25) is 10.4 Å². The van der Waals surface area contributed by atoms with Crippen LogP contribution in [0.3, 0.4) is 0 Å². The Kier molecular flexibility index (Phi) is 4.54. The summed E-state index contributed by atoms with van der Waals surface area (Å²) in [6.07, 6.45) is 2.91. The summed E-state index contributed by atoms with van der Waals surface area (Å²) in [5, 5.41) is 0.126. The standard InChI is InChI=1S/C18H20Cl2FN5O2/c1-17(2,3)28-16(27)25-6-7-26(18(9-25)4-5-18)14-10-8-22-13(19)11(21)12(10)23-15(20)24-14/h8H,4-7,9H2,1-3H3. The van der Waals surface area contributed by atoms with Gasteiger partial charge in [-0.05, 0) is 45.2 Å². The van der Waals surface area contributed by atoms with Crippen molar-refractivity contribution in [2.24, 2.45) is 0 Å². The number of anilines is 1. The molecule has 1 spiro atoms. The number of ether oxygens (including phenoxy) is 1. The molecule has 1 aliphatic carbocycles. The van der Waals surface area contributed by atoms with E-state index in [4.69, 9.17) is 27.9 Å². The molecule has 2 fully saturated rings. The Morgan fingerprint density at radius 3 is 2.61 bits per heavy atom. The summed E-state index contributed by atoms with van der Waals surface area (Å²) in [6, 6.07) is 0. The molecule has 2 aliphatic rings. The predicted molar refractivity (Wildman–Crippen MR) is 104 cm³/mol. The van der Waals surface area contributed by atoms with Gasteiger partial charge in [-0.3, -0.25) is 0 Å². The second-order valence-electron chi connectivity index (χ2n) is 8.22. The molecule has 0 N–H and O–H groups in total. The van der Waals surface area contributed by atoms with E-state index in [-0.39, 0.29) is 27.6 Å². The second kappa shape index (κ2) is 6.56. The lowest BCUT2D eigenvalue weighted by Gasteiger charge is -2.43. The summed E-state index contributed by atoms with van der Waals surface area (Å²) in [5.74, 6) is -0.207. The lowest BCUT2D eigenvalue weighted by Crippen LogP contribution is -2.57. The molecule has 0 bridgehead atoms. The van der Waals surface area contributed by atoms with E-state index < -0.39 is 11.4 Å². The molecular weight excluding hydrogens is 408 g/mol. The largest absolute Gasteiger partial charge is 0.444 e. The highest BCUT2D eigenvalue weighted by atomic mass is 35.5. The number of rotatable bonds is 1. The van der Waals surface area contributed by atoms with E-state index in [1.165, 1.54) is 6.20 Å². The van der Waals surface area contributed by atoms with Gasteiger partial charge in [0.15, 0.2) is 11.0 Å². The molecule has 7 nitrogen and oxygen atoms in total. The average Bonchev–Trinajstić information content (AvgIpc) is 3.36.